The molecule has 6 rings (SSSR count). The maximum absolute atomic E-state index is 9.77. The molecule has 0 amide bonds. The van der Waals surface area contributed by atoms with Crippen molar-refractivity contribution in [3.8, 4) is 12.1 Å². The van der Waals surface area contributed by atoms with Gasteiger partial charge in [0.2, 0.25) is 5.96 Å². The van der Waals surface area contributed by atoms with Crippen molar-refractivity contribution >= 4 is 50.8 Å². The summed E-state index contributed by atoms with van der Waals surface area (Å²) in [4.78, 5) is 3.72. The molecule has 49 heavy (non-hydrogen) atoms. The summed E-state index contributed by atoms with van der Waals surface area (Å²) in [5.41, 5.74) is 8.54. The van der Waals surface area contributed by atoms with Gasteiger partial charge in [-0.25, -0.2) is 4.68 Å². The Morgan fingerprint density at radius 2 is 0.898 bits per heavy atom. The first-order chi connectivity index (χ1) is 23.4. The number of nitrogens with zero attached hydrogens (tertiary/aromatic N) is 6. The van der Waals surface area contributed by atoms with Gasteiger partial charge in [0.25, 0.3) is 0 Å². The number of hydrogen-bond acceptors (Lipinski definition) is 5. The number of hydrogen-bond donors (Lipinski definition) is 2. The fourth-order valence-corrected chi connectivity index (χ4v) is 6.90. The summed E-state index contributed by atoms with van der Waals surface area (Å²) in [6, 6.07) is 28.1. The summed E-state index contributed by atoms with van der Waals surface area (Å²) in [6.45, 7) is 17.2. The molecular weight excluding hydrogens is 605 g/mol. The Bertz CT molecular complexity index is 2060. The van der Waals surface area contributed by atoms with E-state index in [9.17, 15) is 21.3 Å². The van der Waals surface area contributed by atoms with Crippen LogP contribution in [0.15, 0.2) is 77.9 Å². The number of nitriles is 2. The number of aromatic nitrogens is 1. The van der Waals surface area contributed by atoms with E-state index < -0.39 is 0 Å². The number of amidine groups is 2. The Hall–Kier alpha value is -5.73. The lowest BCUT2D eigenvalue weighted by Gasteiger charge is -2.30. The Kier molecular flexibility index (Phi) is 8.61. The maximum Gasteiger partial charge on any atom is 0.240 e. The number of nitrogens with one attached hydrogen (secondary N) is 2. The zero-order valence-corrected chi connectivity index (χ0v) is 29.4. The van der Waals surface area contributed by atoms with Crippen LogP contribution in [0.4, 0.5) is 11.4 Å². The van der Waals surface area contributed by atoms with E-state index in [-0.39, 0.29) is 35.3 Å². The van der Waals surface area contributed by atoms with Crippen LogP contribution in [0.5, 0.6) is 0 Å². The fourth-order valence-electron chi connectivity index (χ4n) is 6.90. The molecule has 0 saturated carbocycles. The monoisotopic (exact) mass is 646 g/mol. The standard InChI is InChI=1S/C41H42N8/c1-23(2)29-11-9-12-30(24(3)4)37(29)47-39(44)40(45)48(38-31(25(5)6)13-10-14-32(38)26(7)8)41(47)46-49-35-17-15-27(21-42)19-33(35)34-20-28(22-43)16-18-36(34)49/h9-20,23-26,44-45H,1-8H3. The zero-order chi connectivity index (χ0) is 35.3. The van der Waals surface area contributed by atoms with Gasteiger partial charge in [0.1, 0.15) is 0 Å². The molecule has 1 fully saturated rings. The Morgan fingerprint density at radius 1 is 0.551 bits per heavy atom. The van der Waals surface area contributed by atoms with Crippen molar-refractivity contribution in [2.24, 2.45) is 5.10 Å². The third-order valence-corrected chi connectivity index (χ3v) is 9.39. The summed E-state index contributed by atoms with van der Waals surface area (Å²) < 4.78 is 1.84. The lowest BCUT2D eigenvalue weighted by atomic mass is 9.91. The van der Waals surface area contributed by atoms with Crippen LogP contribution >= 0.6 is 0 Å². The third-order valence-electron chi connectivity index (χ3n) is 9.39. The van der Waals surface area contributed by atoms with Gasteiger partial charge < -0.3 is 0 Å². The Morgan fingerprint density at radius 3 is 1.20 bits per heavy atom. The highest BCUT2D eigenvalue weighted by atomic mass is 15.5. The number of fused-ring (bicyclic) bond motifs is 3. The molecule has 0 aliphatic carbocycles. The summed E-state index contributed by atoms with van der Waals surface area (Å²) in [7, 11) is 0. The van der Waals surface area contributed by atoms with Crippen LogP contribution in [-0.2, 0) is 0 Å². The van der Waals surface area contributed by atoms with Crippen LogP contribution in [0, 0.1) is 33.5 Å². The Labute approximate surface area is 288 Å². The van der Waals surface area contributed by atoms with Gasteiger partial charge in [0, 0.05) is 10.8 Å². The average molecular weight is 647 g/mol. The van der Waals surface area contributed by atoms with Gasteiger partial charge in [-0.2, -0.15) is 10.5 Å². The molecule has 1 aliphatic heterocycles. The van der Waals surface area contributed by atoms with Gasteiger partial charge in [-0.15, -0.1) is 5.10 Å². The highest BCUT2D eigenvalue weighted by Gasteiger charge is 2.43. The highest BCUT2D eigenvalue weighted by molar-refractivity contribution is 6.63. The predicted molar refractivity (Wildman–Crippen MR) is 201 cm³/mol. The van der Waals surface area contributed by atoms with Crippen molar-refractivity contribution in [2.75, 3.05) is 9.80 Å². The first-order valence-electron chi connectivity index (χ1n) is 16.9. The van der Waals surface area contributed by atoms with Crippen molar-refractivity contribution in [3.05, 3.63) is 106 Å². The number of guanidine groups is 1. The average Bonchev–Trinajstić information content (AvgIpc) is 3.52. The lowest BCUT2D eigenvalue weighted by Crippen LogP contribution is -2.38. The molecule has 2 N–H and O–H groups in total. The van der Waals surface area contributed by atoms with Gasteiger partial charge >= 0.3 is 0 Å². The molecule has 0 radical (unpaired) electrons. The second-order valence-electron chi connectivity index (χ2n) is 14.0. The molecule has 1 aliphatic rings. The first-order valence-corrected chi connectivity index (χ1v) is 16.9. The summed E-state index contributed by atoms with van der Waals surface area (Å²) in [5.74, 6) is 1.07. The van der Waals surface area contributed by atoms with E-state index in [4.69, 9.17) is 5.10 Å². The lowest BCUT2D eigenvalue weighted by molar-refractivity contribution is 0.829. The molecular formula is C41H42N8. The van der Waals surface area contributed by atoms with Crippen LogP contribution in [0.2, 0.25) is 0 Å². The van der Waals surface area contributed by atoms with Crippen molar-refractivity contribution in [1.82, 2.24) is 4.68 Å². The summed E-state index contributed by atoms with van der Waals surface area (Å²) in [5, 5.41) is 45.9. The van der Waals surface area contributed by atoms with Gasteiger partial charge in [0.15, 0.2) is 11.7 Å². The zero-order valence-electron chi connectivity index (χ0n) is 29.4. The minimum absolute atomic E-state index is 0.0429. The molecule has 2 heterocycles. The SMILES string of the molecule is CC(C)c1cccc(C(C)C)c1N1C(=N)C(=N)N(c2c(C(C)C)cccc2C(C)C)C1=Nn1c2ccc(C#N)cc2c2cc(C#N)ccc21. The van der Waals surface area contributed by atoms with Crippen LogP contribution in [0.1, 0.15) is 112 Å². The number of anilines is 2. The predicted octanol–water partition coefficient (Wildman–Crippen LogP) is 10.1. The highest BCUT2D eigenvalue weighted by Crippen LogP contribution is 2.43. The second-order valence-corrected chi connectivity index (χ2v) is 14.0. The molecule has 1 saturated heterocycles. The van der Waals surface area contributed by atoms with E-state index in [1.54, 1.807) is 12.1 Å². The van der Waals surface area contributed by atoms with Crippen LogP contribution in [0.3, 0.4) is 0 Å². The molecule has 4 aromatic carbocycles. The van der Waals surface area contributed by atoms with Crippen LogP contribution in [-0.4, -0.2) is 22.3 Å². The second kappa shape index (κ2) is 12.7. The van der Waals surface area contributed by atoms with Crippen molar-refractivity contribution < 1.29 is 0 Å². The normalized spacial score (nSPS) is 13.6. The molecule has 0 spiro atoms. The minimum Gasteiger partial charge on any atom is -0.281 e. The van der Waals surface area contributed by atoms with Gasteiger partial charge in [-0.3, -0.25) is 20.6 Å². The molecule has 5 aromatic rings. The fraction of sp³-hybridized carbons (Fsp3) is 0.293. The smallest absolute Gasteiger partial charge is 0.240 e. The molecule has 246 valence electrons. The largest absolute Gasteiger partial charge is 0.281 e. The van der Waals surface area contributed by atoms with Crippen molar-refractivity contribution in [2.45, 2.75) is 79.1 Å². The van der Waals surface area contributed by atoms with Gasteiger partial charge in [-0.1, -0.05) is 91.8 Å². The number of para-hydroxylation sites is 2. The molecule has 8 nitrogen and oxygen atoms in total. The third kappa shape index (κ3) is 5.44. The minimum atomic E-state index is 0.0429. The number of rotatable bonds is 7. The molecule has 0 bridgehead atoms. The van der Waals surface area contributed by atoms with Gasteiger partial charge in [0.05, 0.1) is 45.7 Å². The molecule has 0 atom stereocenters. The van der Waals surface area contributed by atoms with E-state index in [0.717, 1.165) is 55.4 Å². The van der Waals surface area contributed by atoms with Crippen molar-refractivity contribution in [1.29, 1.82) is 21.3 Å². The quantitative estimate of drug-likeness (QED) is 0.183. The van der Waals surface area contributed by atoms with Crippen LogP contribution in [0.25, 0.3) is 21.8 Å². The van der Waals surface area contributed by atoms with E-state index in [1.165, 1.54) is 0 Å². The Balaban J connectivity index is 1.79. The molecule has 8 heteroatoms. The van der Waals surface area contributed by atoms with E-state index in [1.807, 2.05) is 38.7 Å². The van der Waals surface area contributed by atoms with E-state index >= 15 is 0 Å². The van der Waals surface area contributed by atoms with Crippen LogP contribution < -0.4 is 9.80 Å². The molecule has 0 unspecified atom stereocenters. The topological polar surface area (TPSA) is 119 Å². The van der Waals surface area contributed by atoms with Crippen molar-refractivity contribution in [3.63, 3.8) is 0 Å². The summed E-state index contributed by atoms with van der Waals surface area (Å²) in [6.07, 6.45) is 0. The van der Waals surface area contributed by atoms with E-state index in [0.29, 0.717) is 17.1 Å². The summed E-state index contributed by atoms with van der Waals surface area (Å²) >= 11 is 0. The van der Waals surface area contributed by atoms with Gasteiger partial charge in [-0.05, 0) is 82.3 Å². The number of benzene rings is 4. The maximum atomic E-state index is 9.77. The molecule has 1 aromatic heterocycles. The first kappa shape index (κ1) is 33.2. The van der Waals surface area contributed by atoms with E-state index in [2.05, 4.69) is 104 Å².